The molecular formula is C15H22ClNO. The molecule has 0 aromatic heterocycles. The Hall–Kier alpha value is -0.990. The van der Waals surface area contributed by atoms with Crippen LogP contribution in [0.25, 0.3) is 0 Å². The van der Waals surface area contributed by atoms with Crippen molar-refractivity contribution in [2.45, 2.75) is 27.3 Å². The van der Waals surface area contributed by atoms with Gasteiger partial charge in [-0.3, -0.25) is 0 Å². The topological polar surface area (TPSA) is 21.3 Å². The Morgan fingerprint density at radius 1 is 1.44 bits per heavy atom. The molecule has 1 N–H and O–H groups in total. The SMILES string of the molecule is C/C(=C\Cl)COc1cccc(CNCC(C)C)c1. The van der Waals surface area contributed by atoms with Crippen molar-refractivity contribution in [3.63, 3.8) is 0 Å². The molecule has 1 rings (SSSR count). The van der Waals surface area contributed by atoms with Crippen molar-refractivity contribution in [2.75, 3.05) is 13.2 Å². The highest BCUT2D eigenvalue weighted by atomic mass is 35.5. The van der Waals surface area contributed by atoms with Gasteiger partial charge in [0.25, 0.3) is 0 Å². The molecule has 1 aromatic rings. The minimum atomic E-state index is 0.534. The van der Waals surface area contributed by atoms with Gasteiger partial charge in [-0.05, 0) is 42.7 Å². The standard InChI is InChI=1S/C15H22ClNO/c1-12(2)9-17-10-14-5-4-6-15(7-14)18-11-13(3)8-16/h4-8,12,17H,9-11H2,1-3H3/b13-8+. The quantitative estimate of drug-likeness (QED) is 0.808. The van der Waals surface area contributed by atoms with Crippen LogP contribution in [-0.4, -0.2) is 13.2 Å². The zero-order valence-electron chi connectivity index (χ0n) is 11.4. The molecule has 0 heterocycles. The van der Waals surface area contributed by atoms with Gasteiger partial charge in [-0.15, -0.1) is 0 Å². The third kappa shape index (κ3) is 6.08. The van der Waals surface area contributed by atoms with Crippen molar-refractivity contribution in [1.29, 1.82) is 0 Å². The second-order valence-electron chi connectivity index (χ2n) is 4.92. The fourth-order valence-electron chi connectivity index (χ4n) is 1.48. The summed E-state index contributed by atoms with van der Waals surface area (Å²) in [6, 6.07) is 8.15. The molecule has 0 atom stereocenters. The zero-order valence-corrected chi connectivity index (χ0v) is 12.1. The molecule has 3 heteroatoms. The van der Waals surface area contributed by atoms with E-state index in [2.05, 4.69) is 31.3 Å². The second kappa shape index (κ2) is 8.17. The summed E-state index contributed by atoms with van der Waals surface area (Å²) in [5.74, 6) is 1.55. The summed E-state index contributed by atoms with van der Waals surface area (Å²) in [6.45, 7) is 8.79. The van der Waals surface area contributed by atoms with Crippen LogP contribution >= 0.6 is 11.6 Å². The molecular weight excluding hydrogens is 246 g/mol. The molecule has 0 radical (unpaired) electrons. The molecule has 0 fully saturated rings. The highest BCUT2D eigenvalue weighted by molar-refractivity contribution is 6.25. The molecule has 0 saturated heterocycles. The number of rotatable bonds is 7. The summed E-state index contributed by atoms with van der Waals surface area (Å²) in [7, 11) is 0. The largest absolute Gasteiger partial charge is 0.489 e. The van der Waals surface area contributed by atoms with E-state index in [1.807, 2.05) is 19.1 Å². The zero-order chi connectivity index (χ0) is 13.4. The minimum absolute atomic E-state index is 0.534. The Labute approximate surface area is 115 Å². The van der Waals surface area contributed by atoms with Crippen LogP contribution in [-0.2, 0) is 6.54 Å². The van der Waals surface area contributed by atoms with Crippen LogP contribution in [0.4, 0.5) is 0 Å². The monoisotopic (exact) mass is 267 g/mol. The number of halogens is 1. The maximum atomic E-state index is 5.65. The van der Waals surface area contributed by atoms with E-state index in [1.165, 1.54) is 5.56 Å². The number of hydrogen-bond acceptors (Lipinski definition) is 2. The third-order valence-electron chi connectivity index (χ3n) is 2.43. The molecule has 0 bridgehead atoms. The summed E-state index contributed by atoms with van der Waals surface area (Å²) in [5.41, 5.74) is 3.80. The Balaban J connectivity index is 2.46. The van der Waals surface area contributed by atoms with Crippen molar-refractivity contribution in [3.8, 4) is 5.75 Å². The average molecular weight is 268 g/mol. The van der Waals surface area contributed by atoms with Gasteiger partial charge in [0.2, 0.25) is 0 Å². The fourth-order valence-corrected chi connectivity index (χ4v) is 1.54. The van der Waals surface area contributed by atoms with Gasteiger partial charge in [0.1, 0.15) is 12.4 Å². The Morgan fingerprint density at radius 2 is 2.22 bits per heavy atom. The van der Waals surface area contributed by atoms with E-state index >= 15 is 0 Å². The Bertz CT molecular complexity index is 388. The lowest BCUT2D eigenvalue weighted by molar-refractivity contribution is 0.352. The summed E-state index contributed by atoms with van der Waals surface area (Å²) in [5, 5.41) is 3.42. The molecule has 2 nitrogen and oxygen atoms in total. The van der Waals surface area contributed by atoms with Crippen molar-refractivity contribution >= 4 is 11.6 Å². The molecule has 0 aliphatic rings. The fraction of sp³-hybridized carbons (Fsp3) is 0.467. The van der Waals surface area contributed by atoms with Gasteiger partial charge in [0, 0.05) is 12.1 Å². The van der Waals surface area contributed by atoms with Crippen LogP contribution in [0.2, 0.25) is 0 Å². The highest BCUT2D eigenvalue weighted by Crippen LogP contribution is 2.14. The predicted octanol–water partition coefficient (Wildman–Crippen LogP) is 3.95. The normalized spacial score (nSPS) is 11.9. The first kappa shape index (κ1) is 15.1. The van der Waals surface area contributed by atoms with Crippen molar-refractivity contribution in [2.24, 2.45) is 5.92 Å². The maximum Gasteiger partial charge on any atom is 0.120 e. The average Bonchev–Trinajstić information content (AvgIpc) is 2.36. The number of benzene rings is 1. The van der Waals surface area contributed by atoms with Gasteiger partial charge < -0.3 is 10.1 Å². The van der Waals surface area contributed by atoms with Gasteiger partial charge in [0.05, 0.1) is 0 Å². The number of hydrogen-bond donors (Lipinski definition) is 1. The van der Waals surface area contributed by atoms with E-state index < -0.39 is 0 Å². The van der Waals surface area contributed by atoms with Gasteiger partial charge in [-0.1, -0.05) is 37.6 Å². The summed E-state index contributed by atoms with van der Waals surface area (Å²) >= 11 is 5.60. The van der Waals surface area contributed by atoms with E-state index in [0.717, 1.165) is 24.4 Å². The molecule has 1 aromatic carbocycles. The van der Waals surface area contributed by atoms with Gasteiger partial charge in [-0.25, -0.2) is 0 Å². The first-order valence-corrected chi connectivity index (χ1v) is 6.73. The molecule has 0 unspecified atom stereocenters. The van der Waals surface area contributed by atoms with Gasteiger partial charge in [0.15, 0.2) is 0 Å². The minimum Gasteiger partial charge on any atom is -0.489 e. The third-order valence-corrected chi connectivity index (χ3v) is 2.81. The first-order valence-electron chi connectivity index (χ1n) is 6.30. The number of nitrogens with one attached hydrogen (secondary N) is 1. The Kier molecular flexibility index (Phi) is 6.84. The smallest absolute Gasteiger partial charge is 0.120 e. The van der Waals surface area contributed by atoms with Gasteiger partial charge in [-0.2, -0.15) is 0 Å². The summed E-state index contributed by atoms with van der Waals surface area (Å²) < 4.78 is 5.65. The lowest BCUT2D eigenvalue weighted by atomic mass is 10.2. The van der Waals surface area contributed by atoms with Crippen LogP contribution in [0.1, 0.15) is 26.3 Å². The van der Waals surface area contributed by atoms with Crippen molar-refractivity contribution < 1.29 is 4.74 Å². The van der Waals surface area contributed by atoms with E-state index in [0.29, 0.717) is 12.5 Å². The predicted molar refractivity (Wildman–Crippen MR) is 78.1 cm³/mol. The molecule has 0 aliphatic carbocycles. The maximum absolute atomic E-state index is 5.65. The van der Waals surface area contributed by atoms with E-state index in [4.69, 9.17) is 16.3 Å². The lowest BCUT2D eigenvalue weighted by Gasteiger charge is -2.10. The summed E-state index contributed by atoms with van der Waals surface area (Å²) in [6.07, 6.45) is 0. The Morgan fingerprint density at radius 3 is 2.89 bits per heavy atom. The highest BCUT2D eigenvalue weighted by Gasteiger charge is 1.99. The second-order valence-corrected chi connectivity index (χ2v) is 5.13. The van der Waals surface area contributed by atoms with Crippen LogP contribution < -0.4 is 10.1 Å². The van der Waals surface area contributed by atoms with Crippen LogP contribution in [0.15, 0.2) is 35.4 Å². The van der Waals surface area contributed by atoms with E-state index in [1.54, 1.807) is 5.54 Å². The van der Waals surface area contributed by atoms with Crippen LogP contribution in [0.3, 0.4) is 0 Å². The summed E-state index contributed by atoms with van der Waals surface area (Å²) in [4.78, 5) is 0. The van der Waals surface area contributed by atoms with Crippen LogP contribution in [0.5, 0.6) is 5.75 Å². The molecule has 0 aliphatic heterocycles. The van der Waals surface area contributed by atoms with Gasteiger partial charge >= 0.3 is 0 Å². The molecule has 0 amide bonds. The molecule has 0 saturated carbocycles. The number of ether oxygens (including phenoxy) is 1. The van der Waals surface area contributed by atoms with E-state index in [-0.39, 0.29) is 0 Å². The van der Waals surface area contributed by atoms with Crippen LogP contribution in [0, 0.1) is 5.92 Å². The lowest BCUT2D eigenvalue weighted by Crippen LogP contribution is -2.18. The van der Waals surface area contributed by atoms with E-state index in [9.17, 15) is 0 Å². The molecule has 18 heavy (non-hydrogen) atoms. The van der Waals surface area contributed by atoms with Crippen molar-refractivity contribution in [3.05, 3.63) is 40.9 Å². The molecule has 0 spiro atoms. The van der Waals surface area contributed by atoms with Crippen molar-refractivity contribution in [1.82, 2.24) is 5.32 Å². The first-order chi connectivity index (χ1) is 8.61. The molecule has 100 valence electrons.